The van der Waals surface area contributed by atoms with Crippen LogP contribution in [0.1, 0.15) is 43.6 Å². The first-order chi connectivity index (χ1) is 11.5. The summed E-state index contributed by atoms with van der Waals surface area (Å²) in [7, 11) is 0. The van der Waals surface area contributed by atoms with Crippen molar-refractivity contribution < 1.29 is 16.1 Å². The largest absolute Gasteiger partial charge is 0.465 e. The van der Waals surface area contributed by atoms with E-state index in [1.807, 2.05) is 31.2 Å². The summed E-state index contributed by atoms with van der Waals surface area (Å²) in [5.74, 6) is 0. The van der Waals surface area contributed by atoms with Crippen LogP contribution in [0, 0.1) is 6.92 Å². The summed E-state index contributed by atoms with van der Waals surface area (Å²) in [6.07, 6.45) is -0.488. The molecule has 0 aromatic heterocycles. The van der Waals surface area contributed by atoms with E-state index in [0.717, 1.165) is 28.5 Å². The summed E-state index contributed by atoms with van der Waals surface area (Å²) >= 11 is 6.43. The van der Waals surface area contributed by atoms with Crippen LogP contribution in [0.2, 0.25) is 5.02 Å². The number of carboxylic acid groups (broad SMARTS) is 1. The minimum Gasteiger partial charge on any atom is -0.465 e. The zero-order valence-corrected chi connectivity index (χ0v) is 14.9. The number of nitrogens with two attached hydrogens (primary N) is 1. The molecule has 0 fully saturated rings. The highest BCUT2D eigenvalue weighted by Crippen LogP contribution is 2.34. The number of halogens is 1. The maximum absolute atomic E-state index is 11.1. The molecule has 24 heavy (non-hydrogen) atoms. The number of aldehydes is 1. The number of benzene rings is 2. The minimum absolute atomic E-state index is 0.126. The second kappa shape index (κ2) is 7.97. The first kappa shape index (κ1) is 18.0. The van der Waals surface area contributed by atoms with Crippen molar-refractivity contribution in [2.24, 2.45) is 5.73 Å². The summed E-state index contributed by atoms with van der Waals surface area (Å²) in [5.41, 5.74) is 8.06. The Bertz CT molecular complexity index is 794. The van der Waals surface area contributed by atoms with Gasteiger partial charge in [0.05, 0.1) is 1.37 Å². The van der Waals surface area contributed by atoms with Gasteiger partial charge in [-0.25, -0.2) is 4.79 Å². The van der Waals surface area contributed by atoms with Crippen molar-refractivity contribution in [3.8, 4) is 11.1 Å². The number of carbonyl (C=O) groups is 2. The Kier molecular flexibility index (Phi) is 5.99. The highest BCUT2D eigenvalue weighted by atomic mass is 35.5. The molecule has 0 aliphatic carbocycles. The van der Waals surface area contributed by atoms with Gasteiger partial charge in [-0.2, -0.15) is 0 Å². The van der Waals surface area contributed by atoms with Crippen molar-refractivity contribution in [3.05, 3.63) is 58.1 Å². The fraction of sp³-hybridized carbons (Fsp3) is 0.263. The molecular weight excluding hydrogens is 326 g/mol. The Morgan fingerprint density at radius 1 is 1.25 bits per heavy atom. The lowest BCUT2D eigenvalue weighted by Crippen LogP contribution is -2.10. The summed E-state index contributed by atoms with van der Waals surface area (Å²) in [6.45, 7) is 8.09. The zero-order valence-electron chi connectivity index (χ0n) is 15.2. The van der Waals surface area contributed by atoms with Crippen LogP contribution in [-0.2, 0) is 5.41 Å². The smallest absolute Gasteiger partial charge is 0.402 e. The molecule has 0 radical (unpaired) electrons. The molecular formula is C19H22ClNO3. The second-order valence-corrected chi connectivity index (χ2v) is 6.70. The third-order valence-electron chi connectivity index (χ3n) is 3.50. The molecule has 0 aliphatic rings. The molecule has 0 spiro atoms. The van der Waals surface area contributed by atoms with Crippen molar-refractivity contribution in [1.82, 2.24) is 0 Å². The van der Waals surface area contributed by atoms with E-state index in [2.05, 4.69) is 26.5 Å². The van der Waals surface area contributed by atoms with Gasteiger partial charge in [-0.05, 0) is 35.1 Å². The van der Waals surface area contributed by atoms with Gasteiger partial charge in [0.2, 0.25) is 0 Å². The van der Waals surface area contributed by atoms with Gasteiger partial charge in [0.25, 0.3) is 0 Å². The number of hydrogen-bond donors (Lipinski definition) is 2. The highest BCUT2D eigenvalue weighted by molar-refractivity contribution is 6.33. The lowest BCUT2D eigenvalue weighted by molar-refractivity contribution is 0.112. The van der Waals surface area contributed by atoms with Crippen molar-refractivity contribution >= 4 is 24.0 Å². The van der Waals surface area contributed by atoms with Crippen LogP contribution in [0.3, 0.4) is 0 Å². The Labute approximate surface area is 148 Å². The van der Waals surface area contributed by atoms with Crippen molar-refractivity contribution in [2.75, 3.05) is 0 Å². The topological polar surface area (TPSA) is 80.4 Å². The van der Waals surface area contributed by atoms with Gasteiger partial charge in [-0.1, -0.05) is 62.7 Å². The van der Waals surface area contributed by atoms with E-state index in [-0.39, 0.29) is 5.41 Å². The molecule has 128 valence electrons. The monoisotopic (exact) mass is 348 g/mol. The zero-order chi connectivity index (χ0) is 19.4. The summed E-state index contributed by atoms with van der Waals surface area (Å²) in [6, 6.07) is 9.81. The predicted molar refractivity (Wildman–Crippen MR) is 97.9 cm³/mol. The number of hydrogen-bond acceptors (Lipinski definition) is 2. The molecule has 0 heterocycles. The van der Waals surface area contributed by atoms with E-state index in [0.29, 0.717) is 16.6 Å². The molecule has 0 bridgehead atoms. The predicted octanol–water partition coefficient (Wildman–Crippen LogP) is 5.05. The molecule has 0 saturated heterocycles. The minimum atomic E-state index is -1.33. The van der Waals surface area contributed by atoms with E-state index in [1.165, 1.54) is 0 Å². The molecule has 0 unspecified atom stereocenters. The van der Waals surface area contributed by atoms with Crippen LogP contribution >= 0.6 is 11.6 Å². The van der Waals surface area contributed by atoms with Crippen molar-refractivity contribution in [1.29, 1.82) is 0 Å². The third kappa shape index (κ3) is 5.10. The van der Waals surface area contributed by atoms with Gasteiger partial charge in [0.15, 0.2) is 0 Å². The molecule has 1 amide bonds. The van der Waals surface area contributed by atoms with Crippen LogP contribution in [0.4, 0.5) is 4.79 Å². The van der Waals surface area contributed by atoms with Gasteiger partial charge >= 0.3 is 6.09 Å². The van der Waals surface area contributed by atoms with Crippen LogP contribution in [0.5, 0.6) is 0 Å². The quantitative estimate of drug-likeness (QED) is 0.745. The van der Waals surface area contributed by atoms with E-state index in [9.17, 15) is 4.79 Å². The second-order valence-electron chi connectivity index (χ2n) is 6.33. The van der Waals surface area contributed by atoms with Crippen LogP contribution in [0.25, 0.3) is 11.1 Å². The molecule has 0 aliphatic heterocycles. The molecule has 3 N–H and O–H groups in total. The Morgan fingerprint density at radius 3 is 2.33 bits per heavy atom. The molecule has 2 rings (SSSR count). The summed E-state index contributed by atoms with van der Waals surface area (Å²) in [5, 5.41) is 7.63. The maximum atomic E-state index is 11.1. The van der Waals surface area contributed by atoms with E-state index >= 15 is 0 Å². The number of amides is 1. The number of rotatable bonds is 2. The lowest BCUT2D eigenvalue weighted by Gasteiger charge is -2.20. The standard InChI is InChI=1S/C18H19ClO.CH3NO2/c1-12-13(11-20)6-5-7-15(12)16-9-8-14(10-17(16)19)18(2,3)4;2-1(3)4/h5-11H,1-4H3;2H2,(H,3,4)/i10D;. The van der Waals surface area contributed by atoms with Crippen LogP contribution < -0.4 is 5.73 Å². The average Bonchev–Trinajstić information content (AvgIpc) is 2.49. The SMILES string of the molecule is NC(=O)O.[2H]c1c(C(C)(C)C)ccc(-c2cccc(C=O)c2C)c1Cl. The van der Waals surface area contributed by atoms with Gasteiger partial charge in [-0.3, -0.25) is 4.79 Å². The molecule has 2 aromatic carbocycles. The summed E-state index contributed by atoms with van der Waals surface area (Å²) in [4.78, 5) is 19.9. The first-order valence-corrected chi connectivity index (χ1v) is 7.71. The Morgan fingerprint density at radius 2 is 1.83 bits per heavy atom. The van der Waals surface area contributed by atoms with E-state index in [4.69, 9.17) is 22.9 Å². The fourth-order valence-corrected chi connectivity index (χ4v) is 2.45. The molecule has 2 aromatic rings. The van der Waals surface area contributed by atoms with Gasteiger partial charge in [-0.15, -0.1) is 0 Å². The maximum Gasteiger partial charge on any atom is 0.402 e. The van der Waals surface area contributed by atoms with Gasteiger partial charge < -0.3 is 10.8 Å². The highest BCUT2D eigenvalue weighted by Gasteiger charge is 2.16. The normalized spacial score (nSPS) is 11.1. The van der Waals surface area contributed by atoms with Gasteiger partial charge in [0, 0.05) is 16.1 Å². The Hall–Kier alpha value is -2.33. The number of primary amides is 1. The molecule has 5 heteroatoms. The lowest BCUT2D eigenvalue weighted by atomic mass is 9.85. The van der Waals surface area contributed by atoms with Crippen molar-refractivity contribution in [2.45, 2.75) is 33.1 Å². The average molecular weight is 349 g/mol. The third-order valence-corrected chi connectivity index (χ3v) is 3.80. The van der Waals surface area contributed by atoms with Crippen LogP contribution in [0.15, 0.2) is 36.4 Å². The molecule has 0 saturated carbocycles. The summed E-state index contributed by atoms with van der Waals surface area (Å²) < 4.78 is 8.31. The van der Waals surface area contributed by atoms with E-state index < -0.39 is 6.09 Å². The van der Waals surface area contributed by atoms with Gasteiger partial charge in [0.1, 0.15) is 6.29 Å². The van der Waals surface area contributed by atoms with Crippen LogP contribution in [-0.4, -0.2) is 17.5 Å². The first-order valence-electron chi connectivity index (χ1n) is 7.83. The molecule has 0 atom stereocenters. The van der Waals surface area contributed by atoms with E-state index in [1.54, 1.807) is 6.07 Å². The van der Waals surface area contributed by atoms with Crippen molar-refractivity contribution in [3.63, 3.8) is 0 Å². The fourth-order valence-electron chi connectivity index (χ4n) is 2.19. The number of carbonyl (C=O) groups excluding carboxylic acids is 1. The Balaban J connectivity index is 0.000000705. The molecule has 4 nitrogen and oxygen atoms in total.